The Kier molecular flexibility index (Phi) is 8.66. The minimum absolute atomic E-state index is 0.101. The zero-order chi connectivity index (χ0) is 19.0. The highest BCUT2D eigenvalue weighted by atomic mass is 32.1. The van der Waals surface area contributed by atoms with E-state index in [9.17, 15) is 24.3 Å². The number of nitrogens with one attached hydrogen (secondary N) is 4. The average Bonchev–Trinajstić information content (AvgIpc) is 3.09. The van der Waals surface area contributed by atoms with Crippen LogP contribution in [0.3, 0.4) is 0 Å². The summed E-state index contributed by atoms with van der Waals surface area (Å²) in [5.74, 6) is -3.20. The van der Waals surface area contributed by atoms with Gasteiger partial charge in [-0.1, -0.05) is 0 Å². The predicted molar refractivity (Wildman–Crippen MR) is 91.1 cm³/mol. The first-order valence-corrected chi connectivity index (χ1v) is 8.52. The van der Waals surface area contributed by atoms with Gasteiger partial charge in [0.15, 0.2) is 0 Å². The van der Waals surface area contributed by atoms with Crippen LogP contribution in [0.1, 0.15) is 19.8 Å². The van der Waals surface area contributed by atoms with E-state index in [1.165, 1.54) is 6.92 Å². The van der Waals surface area contributed by atoms with Gasteiger partial charge in [-0.2, -0.15) is 12.6 Å². The third kappa shape index (κ3) is 6.88. The molecule has 0 aliphatic carbocycles. The van der Waals surface area contributed by atoms with Crippen LogP contribution in [-0.2, 0) is 19.2 Å². The second-order valence-corrected chi connectivity index (χ2v) is 6.10. The number of hydrogen-bond acceptors (Lipinski definition) is 7. The van der Waals surface area contributed by atoms with Gasteiger partial charge in [0.1, 0.15) is 12.1 Å². The Balaban J connectivity index is 2.51. The summed E-state index contributed by atoms with van der Waals surface area (Å²) in [6.07, 6.45) is 0.320. The third-order valence-electron chi connectivity index (χ3n) is 3.68. The summed E-state index contributed by atoms with van der Waals surface area (Å²) in [6, 6.07) is -2.81. The van der Waals surface area contributed by atoms with Crippen molar-refractivity contribution < 1.29 is 29.4 Å². The molecule has 0 aromatic rings. The molecular weight excluding hydrogens is 352 g/mol. The molecule has 4 unspecified atom stereocenters. The Hall–Kier alpha value is -1.85. The van der Waals surface area contributed by atoms with Gasteiger partial charge in [0.2, 0.25) is 17.7 Å². The molecule has 0 aromatic heterocycles. The van der Waals surface area contributed by atoms with E-state index in [0.717, 1.165) is 6.42 Å². The minimum Gasteiger partial charge on any atom is -0.480 e. The summed E-state index contributed by atoms with van der Waals surface area (Å²) in [6.45, 7) is 1.56. The molecule has 3 amide bonds. The van der Waals surface area contributed by atoms with Crippen LogP contribution in [0.4, 0.5) is 0 Å². The molecule has 4 atom stereocenters. The highest BCUT2D eigenvalue weighted by Crippen LogP contribution is 2.05. The summed E-state index contributed by atoms with van der Waals surface area (Å²) in [7, 11) is 0. The summed E-state index contributed by atoms with van der Waals surface area (Å²) in [4.78, 5) is 46.6. The Morgan fingerprint density at radius 2 is 1.96 bits per heavy atom. The van der Waals surface area contributed by atoms with Gasteiger partial charge < -0.3 is 31.5 Å². The van der Waals surface area contributed by atoms with Crippen LogP contribution in [0.2, 0.25) is 0 Å². The number of amides is 3. The molecule has 0 aromatic carbocycles. The number of carboxylic acids is 1. The first-order chi connectivity index (χ1) is 11.8. The van der Waals surface area contributed by atoms with E-state index in [4.69, 9.17) is 5.11 Å². The summed E-state index contributed by atoms with van der Waals surface area (Å²) in [5, 5.41) is 28.4. The Labute approximate surface area is 150 Å². The van der Waals surface area contributed by atoms with Gasteiger partial charge in [0.25, 0.3) is 0 Å². The van der Waals surface area contributed by atoms with Crippen LogP contribution in [-0.4, -0.2) is 77.0 Å². The van der Waals surface area contributed by atoms with Crippen molar-refractivity contribution in [2.24, 2.45) is 0 Å². The van der Waals surface area contributed by atoms with Crippen molar-refractivity contribution in [2.45, 2.75) is 44.0 Å². The molecule has 1 fully saturated rings. The Morgan fingerprint density at radius 1 is 1.28 bits per heavy atom. The van der Waals surface area contributed by atoms with Crippen LogP contribution in [0.15, 0.2) is 0 Å². The van der Waals surface area contributed by atoms with E-state index in [2.05, 4.69) is 33.9 Å². The second-order valence-electron chi connectivity index (χ2n) is 5.73. The molecule has 0 saturated carbocycles. The largest absolute Gasteiger partial charge is 0.480 e. The normalized spacial score (nSPS) is 20.2. The van der Waals surface area contributed by atoms with Crippen LogP contribution >= 0.6 is 12.6 Å². The number of aliphatic hydroxyl groups is 1. The highest BCUT2D eigenvalue weighted by molar-refractivity contribution is 7.80. The first-order valence-electron chi connectivity index (χ1n) is 7.88. The second kappa shape index (κ2) is 10.2. The van der Waals surface area contributed by atoms with Crippen LogP contribution in [0.25, 0.3) is 0 Å². The zero-order valence-electron chi connectivity index (χ0n) is 13.8. The van der Waals surface area contributed by atoms with Crippen molar-refractivity contribution in [2.75, 3.05) is 18.8 Å². The van der Waals surface area contributed by atoms with Gasteiger partial charge >= 0.3 is 5.97 Å². The number of carboxylic acid groups (broad SMARTS) is 1. The first kappa shape index (κ1) is 21.2. The number of aliphatic hydroxyl groups excluding tert-OH is 1. The molecule has 10 nitrogen and oxygen atoms in total. The number of hydrogen-bond donors (Lipinski definition) is 7. The third-order valence-corrected chi connectivity index (χ3v) is 4.04. The van der Waals surface area contributed by atoms with Crippen LogP contribution in [0.5, 0.6) is 0 Å². The minimum atomic E-state index is -1.24. The molecule has 25 heavy (non-hydrogen) atoms. The van der Waals surface area contributed by atoms with E-state index >= 15 is 0 Å². The molecule has 1 aliphatic rings. The Morgan fingerprint density at radius 3 is 2.44 bits per heavy atom. The topological polar surface area (TPSA) is 157 Å². The van der Waals surface area contributed by atoms with Crippen LogP contribution < -0.4 is 21.3 Å². The van der Waals surface area contributed by atoms with E-state index in [1.54, 1.807) is 0 Å². The fourth-order valence-corrected chi connectivity index (χ4v) is 2.52. The van der Waals surface area contributed by atoms with Gasteiger partial charge in [-0.15, -0.1) is 0 Å². The smallest absolute Gasteiger partial charge is 0.327 e. The fourth-order valence-electron chi connectivity index (χ4n) is 2.28. The molecule has 1 rings (SSSR count). The quantitative estimate of drug-likeness (QED) is 0.215. The lowest BCUT2D eigenvalue weighted by Crippen LogP contribution is -2.57. The summed E-state index contributed by atoms with van der Waals surface area (Å²) in [5.41, 5.74) is 0. The molecule has 0 radical (unpaired) electrons. The van der Waals surface area contributed by atoms with Gasteiger partial charge in [0, 0.05) is 5.75 Å². The SMILES string of the molecule is CC(O)C(NC(=O)C1CCCN1)C(=O)NCC(=O)NC(CS)C(=O)O. The number of carbonyl (C=O) groups is 4. The van der Waals surface area contributed by atoms with E-state index in [-0.39, 0.29) is 5.75 Å². The molecule has 1 aliphatic heterocycles. The molecule has 142 valence electrons. The van der Waals surface area contributed by atoms with Crippen molar-refractivity contribution in [1.29, 1.82) is 0 Å². The number of carbonyl (C=O) groups excluding carboxylic acids is 3. The molecule has 1 saturated heterocycles. The molecule has 1 heterocycles. The maximum absolute atomic E-state index is 12.1. The number of aliphatic carboxylic acids is 1. The van der Waals surface area contributed by atoms with Gasteiger partial charge in [-0.05, 0) is 26.3 Å². The van der Waals surface area contributed by atoms with Gasteiger partial charge in [0.05, 0.1) is 18.7 Å². The maximum Gasteiger partial charge on any atom is 0.327 e. The van der Waals surface area contributed by atoms with Crippen molar-refractivity contribution in [3.63, 3.8) is 0 Å². The maximum atomic E-state index is 12.1. The van der Waals surface area contributed by atoms with Crippen LogP contribution in [0, 0.1) is 0 Å². The Bertz CT molecular complexity index is 510. The fraction of sp³-hybridized carbons (Fsp3) is 0.714. The number of rotatable bonds is 9. The molecular formula is C14H24N4O6S. The zero-order valence-corrected chi connectivity index (χ0v) is 14.7. The summed E-state index contributed by atoms with van der Waals surface area (Å²) < 4.78 is 0. The molecule has 0 bridgehead atoms. The standard InChI is InChI=1S/C14H24N4O6S/c1-7(19)11(18-12(21)8-3-2-4-15-8)13(22)16-5-10(20)17-9(6-25)14(23)24/h7-9,11,15,19,25H,2-6H2,1H3,(H,16,22)(H,17,20)(H,18,21)(H,23,24). The van der Waals surface area contributed by atoms with Crippen molar-refractivity contribution in [1.82, 2.24) is 21.3 Å². The average molecular weight is 376 g/mol. The van der Waals surface area contributed by atoms with Crippen molar-refractivity contribution >= 4 is 36.3 Å². The highest BCUT2D eigenvalue weighted by Gasteiger charge is 2.30. The lowest BCUT2D eigenvalue weighted by molar-refractivity contribution is -0.141. The molecule has 0 spiro atoms. The predicted octanol–water partition coefficient (Wildman–Crippen LogP) is -2.78. The van der Waals surface area contributed by atoms with Crippen molar-refractivity contribution in [3.05, 3.63) is 0 Å². The lowest BCUT2D eigenvalue weighted by Gasteiger charge is -2.22. The van der Waals surface area contributed by atoms with E-state index in [1.807, 2.05) is 0 Å². The van der Waals surface area contributed by atoms with Gasteiger partial charge in [-0.25, -0.2) is 4.79 Å². The lowest BCUT2D eigenvalue weighted by atomic mass is 10.1. The number of thiol groups is 1. The summed E-state index contributed by atoms with van der Waals surface area (Å²) >= 11 is 3.81. The van der Waals surface area contributed by atoms with E-state index < -0.39 is 54.5 Å². The monoisotopic (exact) mass is 376 g/mol. The van der Waals surface area contributed by atoms with Crippen molar-refractivity contribution in [3.8, 4) is 0 Å². The molecule has 6 N–H and O–H groups in total. The van der Waals surface area contributed by atoms with Gasteiger partial charge in [-0.3, -0.25) is 14.4 Å². The molecule has 11 heteroatoms. The van der Waals surface area contributed by atoms with E-state index in [0.29, 0.717) is 13.0 Å².